The average molecular weight is 246 g/mol. The smallest absolute Gasteiger partial charge is 0.0340 e. The zero-order valence-corrected chi connectivity index (χ0v) is 11.8. The Morgan fingerprint density at radius 2 is 2.00 bits per heavy atom. The van der Waals surface area contributed by atoms with E-state index in [1.54, 1.807) is 0 Å². The number of anilines is 1. The summed E-state index contributed by atoms with van der Waals surface area (Å²) < 4.78 is 0. The molecule has 1 unspecified atom stereocenters. The van der Waals surface area contributed by atoms with Crippen LogP contribution in [-0.4, -0.2) is 31.1 Å². The fourth-order valence-electron chi connectivity index (χ4n) is 2.72. The number of rotatable bonds is 5. The first-order chi connectivity index (χ1) is 8.79. The Hall–Kier alpha value is -1.02. The van der Waals surface area contributed by atoms with Gasteiger partial charge in [0.25, 0.3) is 0 Å². The van der Waals surface area contributed by atoms with Gasteiger partial charge in [0.2, 0.25) is 0 Å². The highest BCUT2D eigenvalue weighted by molar-refractivity contribution is 5.44. The third kappa shape index (κ3) is 3.74. The fourth-order valence-corrected chi connectivity index (χ4v) is 2.72. The molecule has 1 N–H and O–H groups in total. The number of aryl methyl sites for hydroxylation is 1. The van der Waals surface area contributed by atoms with E-state index < -0.39 is 0 Å². The second kappa shape index (κ2) is 6.79. The maximum atomic E-state index is 3.57. The Balaban J connectivity index is 1.82. The molecular weight excluding hydrogens is 220 g/mol. The average Bonchev–Trinajstić information content (AvgIpc) is 2.40. The van der Waals surface area contributed by atoms with E-state index in [0.717, 1.165) is 6.54 Å². The van der Waals surface area contributed by atoms with Gasteiger partial charge in [-0.3, -0.25) is 0 Å². The first-order valence-corrected chi connectivity index (χ1v) is 7.32. The third-order valence-electron chi connectivity index (χ3n) is 3.96. The molecule has 0 bridgehead atoms. The van der Waals surface area contributed by atoms with Crippen LogP contribution in [0, 0.1) is 0 Å². The lowest BCUT2D eigenvalue weighted by molar-refractivity contribution is 0.194. The van der Waals surface area contributed by atoms with Crippen LogP contribution in [0.4, 0.5) is 5.69 Å². The molecule has 0 saturated carbocycles. The largest absolute Gasteiger partial charge is 0.383 e. The Kier molecular flexibility index (Phi) is 5.06. The predicted molar refractivity (Wildman–Crippen MR) is 79.2 cm³/mol. The number of hydrogen-bond donors (Lipinski definition) is 1. The van der Waals surface area contributed by atoms with Gasteiger partial charge in [0.05, 0.1) is 0 Å². The van der Waals surface area contributed by atoms with Gasteiger partial charge in [0.15, 0.2) is 0 Å². The van der Waals surface area contributed by atoms with Crippen LogP contribution >= 0.6 is 0 Å². The van der Waals surface area contributed by atoms with E-state index in [-0.39, 0.29) is 0 Å². The van der Waals surface area contributed by atoms with E-state index in [2.05, 4.69) is 48.5 Å². The first kappa shape index (κ1) is 13.4. The highest BCUT2D eigenvalue weighted by atomic mass is 15.2. The molecule has 1 aromatic rings. The Labute approximate surface area is 111 Å². The summed E-state index contributed by atoms with van der Waals surface area (Å²) in [6, 6.07) is 9.63. The molecule has 1 fully saturated rings. The van der Waals surface area contributed by atoms with Crippen molar-refractivity contribution in [3.8, 4) is 0 Å². The molecule has 100 valence electrons. The van der Waals surface area contributed by atoms with Crippen LogP contribution in [0.5, 0.6) is 0 Å². The van der Waals surface area contributed by atoms with Crippen LogP contribution < -0.4 is 5.32 Å². The van der Waals surface area contributed by atoms with Crippen molar-refractivity contribution in [2.75, 3.05) is 25.5 Å². The molecule has 1 aromatic carbocycles. The van der Waals surface area contributed by atoms with Crippen molar-refractivity contribution in [2.24, 2.45) is 0 Å². The molecule has 0 radical (unpaired) electrons. The van der Waals surface area contributed by atoms with Gasteiger partial charge in [-0.05, 0) is 50.6 Å². The minimum atomic E-state index is 0.703. The molecule has 1 aliphatic rings. The summed E-state index contributed by atoms with van der Waals surface area (Å²) in [5, 5.41) is 3.57. The van der Waals surface area contributed by atoms with Crippen molar-refractivity contribution >= 4 is 5.69 Å². The van der Waals surface area contributed by atoms with E-state index in [0.29, 0.717) is 6.04 Å². The minimum absolute atomic E-state index is 0.703. The van der Waals surface area contributed by atoms with Gasteiger partial charge in [0, 0.05) is 18.3 Å². The third-order valence-corrected chi connectivity index (χ3v) is 3.96. The minimum Gasteiger partial charge on any atom is -0.383 e. The molecule has 1 atom stereocenters. The molecule has 1 heterocycles. The highest BCUT2D eigenvalue weighted by Crippen LogP contribution is 2.16. The van der Waals surface area contributed by atoms with Crippen molar-refractivity contribution < 1.29 is 0 Å². The summed E-state index contributed by atoms with van der Waals surface area (Å²) in [5.74, 6) is 0. The van der Waals surface area contributed by atoms with Crippen molar-refractivity contribution in [3.05, 3.63) is 29.8 Å². The van der Waals surface area contributed by atoms with Crippen LogP contribution in [-0.2, 0) is 6.42 Å². The van der Waals surface area contributed by atoms with E-state index in [1.807, 2.05) is 0 Å². The van der Waals surface area contributed by atoms with Crippen LogP contribution in [0.2, 0.25) is 0 Å². The lowest BCUT2D eigenvalue weighted by atomic mass is 10.0. The number of nitrogens with one attached hydrogen (secondary N) is 1. The van der Waals surface area contributed by atoms with Crippen molar-refractivity contribution in [1.29, 1.82) is 0 Å². The summed E-state index contributed by atoms with van der Waals surface area (Å²) in [7, 11) is 2.25. The maximum Gasteiger partial charge on any atom is 0.0340 e. The molecule has 2 rings (SSSR count). The summed E-state index contributed by atoms with van der Waals surface area (Å²) >= 11 is 0. The molecule has 0 aliphatic carbocycles. The second-order valence-electron chi connectivity index (χ2n) is 5.46. The Morgan fingerprint density at radius 1 is 1.22 bits per heavy atom. The quantitative estimate of drug-likeness (QED) is 0.855. The molecular formula is C16H26N2. The number of likely N-dealkylation sites (tertiary alicyclic amines) is 1. The Morgan fingerprint density at radius 3 is 2.67 bits per heavy atom. The normalized spacial score (nSPS) is 20.9. The van der Waals surface area contributed by atoms with Gasteiger partial charge < -0.3 is 10.2 Å². The van der Waals surface area contributed by atoms with Crippen LogP contribution in [0.3, 0.4) is 0 Å². The topological polar surface area (TPSA) is 15.3 Å². The van der Waals surface area contributed by atoms with Gasteiger partial charge >= 0.3 is 0 Å². The lowest BCUT2D eigenvalue weighted by Crippen LogP contribution is -2.40. The monoisotopic (exact) mass is 246 g/mol. The Bertz CT molecular complexity index is 345. The van der Waals surface area contributed by atoms with Gasteiger partial charge in [-0.15, -0.1) is 0 Å². The molecule has 2 nitrogen and oxygen atoms in total. The van der Waals surface area contributed by atoms with E-state index >= 15 is 0 Å². The van der Waals surface area contributed by atoms with E-state index in [1.165, 1.54) is 49.9 Å². The number of piperidine rings is 1. The zero-order chi connectivity index (χ0) is 12.8. The van der Waals surface area contributed by atoms with Crippen molar-refractivity contribution in [1.82, 2.24) is 4.90 Å². The lowest BCUT2D eigenvalue weighted by Gasteiger charge is -2.32. The second-order valence-corrected chi connectivity index (χ2v) is 5.46. The standard InChI is InChI=1S/C16H26N2/c1-3-6-14-8-10-15(11-9-14)17-13-16-7-4-5-12-18(16)2/h8-11,16-17H,3-7,12-13H2,1-2H3. The summed E-state index contributed by atoms with van der Waals surface area (Å²) in [5.41, 5.74) is 2.70. The van der Waals surface area contributed by atoms with E-state index in [4.69, 9.17) is 0 Å². The molecule has 18 heavy (non-hydrogen) atoms. The van der Waals surface area contributed by atoms with Crippen LogP contribution in [0.25, 0.3) is 0 Å². The summed E-state index contributed by atoms with van der Waals surface area (Å²) in [6.45, 7) is 4.55. The SMILES string of the molecule is CCCc1ccc(NCC2CCCCN2C)cc1. The molecule has 1 saturated heterocycles. The van der Waals surface area contributed by atoms with Crippen LogP contribution in [0.1, 0.15) is 38.2 Å². The first-order valence-electron chi connectivity index (χ1n) is 7.32. The molecule has 2 heteroatoms. The number of hydrogen-bond acceptors (Lipinski definition) is 2. The van der Waals surface area contributed by atoms with Crippen molar-refractivity contribution in [3.63, 3.8) is 0 Å². The maximum absolute atomic E-state index is 3.57. The number of benzene rings is 1. The highest BCUT2D eigenvalue weighted by Gasteiger charge is 2.17. The molecule has 0 spiro atoms. The van der Waals surface area contributed by atoms with E-state index in [9.17, 15) is 0 Å². The molecule has 0 aromatic heterocycles. The predicted octanol–water partition coefficient (Wildman–Crippen LogP) is 3.54. The summed E-state index contributed by atoms with van der Waals surface area (Å²) in [6.07, 6.45) is 6.48. The zero-order valence-electron chi connectivity index (χ0n) is 11.8. The van der Waals surface area contributed by atoms with Crippen LogP contribution in [0.15, 0.2) is 24.3 Å². The van der Waals surface area contributed by atoms with Crippen molar-refractivity contribution in [2.45, 2.75) is 45.1 Å². The van der Waals surface area contributed by atoms with Gasteiger partial charge in [-0.25, -0.2) is 0 Å². The summed E-state index contributed by atoms with van der Waals surface area (Å²) in [4.78, 5) is 2.49. The van der Waals surface area contributed by atoms with Gasteiger partial charge in [0.1, 0.15) is 0 Å². The van der Waals surface area contributed by atoms with Gasteiger partial charge in [-0.2, -0.15) is 0 Å². The van der Waals surface area contributed by atoms with Gasteiger partial charge in [-0.1, -0.05) is 31.9 Å². The number of nitrogens with zero attached hydrogens (tertiary/aromatic N) is 1. The molecule has 1 aliphatic heterocycles. The molecule has 0 amide bonds. The number of likely N-dealkylation sites (N-methyl/N-ethyl adjacent to an activating group) is 1. The fraction of sp³-hybridized carbons (Fsp3) is 0.625.